The fraction of sp³-hybridized carbons (Fsp3) is 0.350. The molecule has 2 aromatic rings. The molecule has 0 saturated carbocycles. The number of nitrogens with zero attached hydrogens (tertiary/aromatic N) is 1. The second-order valence-corrected chi connectivity index (χ2v) is 6.64. The molecule has 0 saturated heterocycles. The van der Waals surface area contributed by atoms with Crippen LogP contribution in [0, 0.1) is 5.92 Å². The lowest BCUT2D eigenvalue weighted by molar-refractivity contribution is -0.155. The molecule has 0 unspecified atom stereocenters. The maximum atomic E-state index is 12.7. The van der Waals surface area contributed by atoms with E-state index in [1.807, 2.05) is 44.2 Å². The molecular weight excluding hydrogens is 352 g/mol. The smallest absolute Gasteiger partial charge is 0.314 e. The molecular formula is C20H23ClN2O3. The first-order chi connectivity index (χ1) is 12.4. The molecule has 0 aliphatic rings. The predicted molar refractivity (Wildman–Crippen MR) is 102 cm³/mol. The van der Waals surface area contributed by atoms with Crippen molar-refractivity contribution in [1.82, 2.24) is 4.98 Å². The van der Waals surface area contributed by atoms with Gasteiger partial charge >= 0.3 is 5.97 Å². The van der Waals surface area contributed by atoms with Gasteiger partial charge in [-0.05, 0) is 30.5 Å². The molecule has 0 aliphatic heterocycles. The van der Waals surface area contributed by atoms with Gasteiger partial charge in [-0.1, -0.05) is 62.2 Å². The summed E-state index contributed by atoms with van der Waals surface area (Å²) in [5.74, 6) is -0.812. The molecule has 1 N–H and O–H groups in total. The normalized spacial score (nSPS) is 14.2. The third kappa shape index (κ3) is 5.30. The van der Waals surface area contributed by atoms with E-state index in [-0.39, 0.29) is 5.92 Å². The summed E-state index contributed by atoms with van der Waals surface area (Å²) in [6.45, 7) is 5.57. The van der Waals surface area contributed by atoms with Crippen LogP contribution in [0.3, 0.4) is 0 Å². The minimum absolute atomic E-state index is 0.0955. The lowest BCUT2D eigenvalue weighted by Gasteiger charge is -2.23. The number of esters is 1. The van der Waals surface area contributed by atoms with Crippen molar-refractivity contribution in [1.29, 1.82) is 0 Å². The molecule has 6 heteroatoms. The highest BCUT2D eigenvalue weighted by molar-refractivity contribution is 6.30. The lowest BCUT2D eigenvalue weighted by Crippen LogP contribution is -2.33. The van der Waals surface area contributed by atoms with Crippen molar-refractivity contribution in [2.45, 2.75) is 39.2 Å². The molecule has 138 valence electrons. The summed E-state index contributed by atoms with van der Waals surface area (Å²) in [4.78, 5) is 29.0. The number of benzene rings is 1. The third-order valence-corrected chi connectivity index (χ3v) is 4.49. The quantitative estimate of drug-likeness (QED) is 0.727. The van der Waals surface area contributed by atoms with Gasteiger partial charge in [0.25, 0.3) is 5.91 Å². The standard InChI is InChI=1S/C20H23ClN2O3/c1-4-13(2)18(15-8-6-5-7-9-15)20(25)26-14(3)19(24)23-17-11-10-16(21)12-22-17/h5-14,18H,4H2,1-3H3,(H,22,23,24)/t13-,14-,18-/m0/s1. The van der Waals surface area contributed by atoms with Crippen LogP contribution in [0.5, 0.6) is 0 Å². The number of carbonyl (C=O) groups is 2. The molecule has 1 heterocycles. The average molecular weight is 375 g/mol. The highest BCUT2D eigenvalue weighted by Crippen LogP contribution is 2.28. The van der Waals surface area contributed by atoms with E-state index >= 15 is 0 Å². The molecule has 3 atom stereocenters. The number of hydrogen-bond donors (Lipinski definition) is 1. The van der Waals surface area contributed by atoms with E-state index in [9.17, 15) is 9.59 Å². The van der Waals surface area contributed by atoms with Crippen LogP contribution in [0.15, 0.2) is 48.7 Å². The molecule has 0 aliphatic carbocycles. The van der Waals surface area contributed by atoms with Crippen LogP contribution in [-0.4, -0.2) is 23.0 Å². The van der Waals surface area contributed by atoms with E-state index in [2.05, 4.69) is 10.3 Å². The summed E-state index contributed by atoms with van der Waals surface area (Å²) in [5.41, 5.74) is 0.888. The highest BCUT2D eigenvalue weighted by atomic mass is 35.5. The average Bonchev–Trinajstić information content (AvgIpc) is 2.64. The number of hydrogen-bond acceptors (Lipinski definition) is 4. The van der Waals surface area contributed by atoms with Crippen LogP contribution in [0.1, 0.15) is 38.7 Å². The first-order valence-corrected chi connectivity index (χ1v) is 8.98. The topological polar surface area (TPSA) is 68.3 Å². The zero-order valence-electron chi connectivity index (χ0n) is 15.1. The first-order valence-electron chi connectivity index (χ1n) is 8.60. The molecule has 26 heavy (non-hydrogen) atoms. The maximum Gasteiger partial charge on any atom is 0.314 e. The van der Waals surface area contributed by atoms with Gasteiger partial charge in [-0.3, -0.25) is 9.59 Å². The molecule has 2 rings (SSSR count). The zero-order chi connectivity index (χ0) is 19.1. The minimum atomic E-state index is -0.935. The number of rotatable bonds is 7. The summed E-state index contributed by atoms with van der Waals surface area (Å²) in [6, 6.07) is 12.7. The largest absolute Gasteiger partial charge is 0.452 e. The van der Waals surface area contributed by atoms with Gasteiger partial charge in [0.15, 0.2) is 6.10 Å². The molecule has 1 aromatic heterocycles. The Kier molecular flexibility index (Phi) is 7.16. The first kappa shape index (κ1) is 19.9. The monoisotopic (exact) mass is 374 g/mol. The van der Waals surface area contributed by atoms with E-state index < -0.39 is 23.9 Å². The van der Waals surface area contributed by atoms with Gasteiger partial charge in [0.1, 0.15) is 5.82 Å². The van der Waals surface area contributed by atoms with Crippen molar-refractivity contribution in [3.05, 3.63) is 59.2 Å². The number of pyridine rings is 1. The van der Waals surface area contributed by atoms with E-state index in [4.69, 9.17) is 16.3 Å². The third-order valence-electron chi connectivity index (χ3n) is 4.27. The summed E-state index contributed by atoms with van der Waals surface area (Å²) in [7, 11) is 0. The molecule has 0 fully saturated rings. The predicted octanol–water partition coefficient (Wildman–Crippen LogP) is 4.44. The maximum absolute atomic E-state index is 12.7. The van der Waals surface area contributed by atoms with Crippen LogP contribution in [0.2, 0.25) is 5.02 Å². The molecule has 1 aromatic carbocycles. The van der Waals surface area contributed by atoms with Crippen LogP contribution in [0.4, 0.5) is 5.82 Å². The number of halogens is 1. The number of amides is 1. The molecule has 0 bridgehead atoms. The Morgan fingerprint density at radius 1 is 1.15 bits per heavy atom. The van der Waals surface area contributed by atoms with Crippen molar-refractivity contribution in [3.63, 3.8) is 0 Å². The summed E-state index contributed by atoms with van der Waals surface area (Å²) in [6.07, 6.45) is 1.32. The molecule has 5 nitrogen and oxygen atoms in total. The van der Waals surface area contributed by atoms with Gasteiger partial charge in [0.2, 0.25) is 0 Å². The number of aromatic nitrogens is 1. The highest BCUT2D eigenvalue weighted by Gasteiger charge is 2.30. The van der Waals surface area contributed by atoms with Crippen LogP contribution in [0.25, 0.3) is 0 Å². The molecule has 0 spiro atoms. The van der Waals surface area contributed by atoms with Crippen molar-refractivity contribution >= 4 is 29.3 Å². The number of carbonyl (C=O) groups excluding carboxylic acids is 2. The van der Waals surface area contributed by atoms with E-state index in [1.54, 1.807) is 19.1 Å². The second kappa shape index (κ2) is 9.34. The second-order valence-electron chi connectivity index (χ2n) is 6.20. The Bertz CT molecular complexity index is 734. The van der Waals surface area contributed by atoms with Crippen molar-refractivity contribution in [3.8, 4) is 0 Å². The minimum Gasteiger partial charge on any atom is -0.452 e. The summed E-state index contributed by atoms with van der Waals surface area (Å²) >= 11 is 5.77. The Labute approximate surface area is 158 Å². The number of nitrogens with one attached hydrogen (secondary N) is 1. The number of ether oxygens (including phenoxy) is 1. The van der Waals surface area contributed by atoms with Gasteiger partial charge in [0, 0.05) is 6.20 Å². The SMILES string of the molecule is CC[C@H](C)[C@H](C(=O)O[C@@H](C)C(=O)Nc1ccc(Cl)cn1)c1ccccc1. The fourth-order valence-corrected chi connectivity index (χ4v) is 2.68. The van der Waals surface area contributed by atoms with Gasteiger partial charge in [-0.25, -0.2) is 4.98 Å². The Morgan fingerprint density at radius 2 is 1.85 bits per heavy atom. The molecule has 0 radical (unpaired) electrons. The van der Waals surface area contributed by atoms with Crippen LogP contribution < -0.4 is 5.32 Å². The van der Waals surface area contributed by atoms with Gasteiger partial charge in [0.05, 0.1) is 10.9 Å². The van der Waals surface area contributed by atoms with E-state index in [1.165, 1.54) is 6.20 Å². The van der Waals surface area contributed by atoms with E-state index in [0.29, 0.717) is 10.8 Å². The summed E-state index contributed by atoms with van der Waals surface area (Å²) in [5, 5.41) is 3.08. The van der Waals surface area contributed by atoms with Crippen LogP contribution >= 0.6 is 11.6 Å². The van der Waals surface area contributed by atoms with Gasteiger partial charge in [-0.2, -0.15) is 0 Å². The fourth-order valence-electron chi connectivity index (χ4n) is 2.57. The van der Waals surface area contributed by atoms with Crippen molar-refractivity contribution < 1.29 is 14.3 Å². The Morgan fingerprint density at radius 3 is 2.42 bits per heavy atom. The Hall–Kier alpha value is -2.40. The molecule has 1 amide bonds. The van der Waals surface area contributed by atoms with Gasteiger partial charge < -0.3 is 10.1 Å². The van der Waals surface area contributed by atoms with Gasteiger partial charge in [-0.15, -0.1) is 0 Å². The zero-order valence-corrected chi connectivity index (χ0v) is 15.9. The Balaban J connectivity index is 2.05. The lowest BCUT2D eigenvalue weighted by atomic mass is 9.85. The van der Waals surface area contributed by atoms with Crippen molar-refractivity contribution in [2.24, 2.45) is 5.92 Å². The van der Waals surface area contributed by atoms with Crippen LogP contribution in [-0.2, 0) is 14.3 Å². The van der Waals surface area contributed by atoms with E-state index in [0.717, 1.165) is 12.0 Å². The summed E-state index contributed by atoms with van der Waals surface area (Å²) < 4.78 is 5.44. The van der Waals surface area contributed by atoms with Crippen molar-refractivity contribution in [2.75, 3.05) is 5.32 Å². The number of anilines is 1.